The van der Waals surface area contributed by atoms with Crippen LogP contribution in [0.3, 0.4) is 0 Å². The van der Waals surface area contributed by atoms with Crippen molar-refractivity contribution in [2.75, 3.05) is 0 Å². The topological polar surface area (TPSA) is 0 Å². The Kier molecular flexibility index (Phi) is 5.40. The van der Waals surface area contributed by atoms with Gasteiger partial charge < -0.3 is 1.43 Å². The molecule has 0 aromatic rings. The van der Waals surface area contributed by atoms with E-state index in [1.165, 1.54) is 6.42 Å². The minimum Gasteiger partial charge on any atom is -1.00 e. The number of rotatable bonds is 0. The van der Waals surface area contributed by atoms with Crippen molar-refractivity contribution in [1.82, 2.24) is 0 Å². The van der Waals surface area contributed by atoms with E-state index in [1.54, 1.807) is 0 Å². The van der Waals surface area contributed by atoms with Gasteiger partial charge in [0.05, 0.1) is 0 Å². The van der Waals surface area contributed by atoms with E-state index < -0.39 is 0 Å². The van der Waals surface area contributed by atoms with Crippen LogP contribution in [0.1, 0.15) is 35.5 Å². The molecule has 0 nitrogen and oxygen atoms in total. The van der Waals surface area contributed by atoms with Crippen LogP contribution in [-0.2, 0) is 0 Å². The average molecular weight is 94.1 g/mol. The van der Waals surface area contributed by atoms with Crippen LogP contribution < -0.4 is 18.9 Å². The van der Waals surface area contributed by atoms with Crippen LogP contribution in [0.15, 0.2) is 0 Å². The fourth-order valence-corrected chi connectivity index (χ4v) is 0. The van der Waals surface area contributed by atoms with Crippen LogP contribution in [0.2, 0.25) is 0 Å². The van der Waals surface area contributed by atoms with Gasteiger partial charge in [-0.1, -0.05) is 34.1 Å². The Morgan fingerprint density at radius 1 is 1.29 bits per heavy atom. The largest absolute Gasteiger partial charge is 1.00 e. The van der Waals surface area contributed by atoms with Gasteiger partial charge in [-0.2, -0.15) is 0 Å². The molecule has 0 fully saturated rings. The third kappa shape index (κ3) is 10.8. The molecule has 0 bridgehead atoms. The monoisotopic (exact) mass is 94.1 g/mol. The van der Waals surface area contributed by atoms with Gasteiger partial charge in [0.25, 0.3) is 0 Å². The maximum absolute atomic E-state index is 2.24. The quantitative estimate of drug-likeness (QED) is 0.357. The maximum atomic E-state index is 2.24. The van der Waals surface area contributed by atoms with E-state index >= 15 is 0 Å². The summed E-state index contributed by atoms with van der Waals surface area (Å²) in [6.07, 6.45) is 1.27. The molecule has 0 N–H and O–H groups in total. The summed E-state index contributed by atoms with van der Waals surface area (Å²) in [5.74, 6) is 0. The Morgan fingerprint density at radius 3 is 1.43 bits per heavy atom. The van der Waals surface area contributed by atoms with Crippen LogP contribution in [0, 0.1) is 5.41 Å². The molecule has 40 valence electrons. The van der Waals surface area contributed by atoms with Gasteiger partial charge in [0, 0.05) is 0 Å². The third-order valence-corrected chi connectivity index (χ3v) is 1.06. The van der Waals surface area contributed by atoms with E-state index in [9.17, 15) is 0 Å². The predicted molar refractivity (Wildman–Crippen MR) is 30.9 cm³/mol. The molecule has 0 spiro atoms. The van der Waals surface area contributed by atoms with Gasteiger partial charge in [-0.15, -0.1) is 0 Å². The average Bonchev–Trinajstić information content (AvgIpc) is 1.35. The molecule has 0 aliphatic carbocycles. The molecule has 0 aliphatic heterocycles. The van der Waals surface area contributed by atoms with Crippen molar-refractivity contribution in [3.63, 3.8) is 0 Å². The van der Waals surface area contributed by atoms with E-state index in [2.05, 4.69) is 27.7 Å². The van der Waals surface area contributed by atoms with Gasteiger partial charge in [0.1, 0.15) is 0 Å². The van der Waals surface area contributed by atoms with Crippen LogP contribution in [0.5, 0.6) is 0 Å². The first-order valence-corrected chi connectivity index (χ1v) is 2.56. The van der Waals surface area contributed by atoms with Crippen molar-refractivity contribution in [3.8, 4) is 0 Å². The molecular weight excluding hydrogens is 79.0 g/mol. The van der Waals surface area contributed by atoms with Gasteiger partial charge in [0.15, 0.2) is 0 Å². The Morgan fingerprint density at radius 2 is 1.43 bits per heavy atom. The van der Waals surface area contributed by atoms with Crippen molar-refractivity contribution in [2.24, 2.45) is 5.41 Å². The summed E-state index contributed by atoms with van der Waals surface area (Å²) in [4.78, 5) is 0. The van der Waals surface area contributed by atoms with E-state index in [0.717, 1.165) is 0 Å². The Labute approximate surface area is 60.3 Å². The minimum atomic E-state index is 0. The molecule has 0 amide bonds. The standard InChI is InChI=1S/C6H14.Li.H/c1-5-6(2,3)4;;/h5H2,1-4H3;;/q;+1;-1. The van der Waals surface area contributed by atoms with Gasteiger partial charge in [-0.25, -0.2) is 0 Å². The van der Waals surface area contributed by atoms with Gasteiger partial charge in [0.2, 0.25) is 0 Å². The summed E-state index contributed by atoms with van der Waals surface area (Å²) < 4.78 is 0. The van der Waals surface area contributed by atoms with E-state index in [1.807, 2.05) is 0 Å². The Bertz CT molecular complexity index is 38.3. The molecule has 0 rings (SSSR count). The molecule has 0 aliphatic rings. The van der Waals surface area contributed by atoms with Crippen molar-refractivity contribution >= 4 is 0 Å². The zero-order valence-corrected chi connectivity index (χ0v) is 6.21. The van der Waals surface area contributed by atoms with Crippen molar-refractivity contribution < 1.29 is 20.3 Å². The predicted octanol–water partition coefficient (Wildman–Crippen LogP) is -0.441. The first kappa shape index (κ1) is 10.6. The summed E-state index contributed by atoms with van der Waals surface area (Å²) in [6.45, 7) is 8.94. The van der Waals surface area contributed by atoms with Crippen molar-refractivity contribution in [1.29, 1.82) is 0 Å². The SMILES string of the molecule is CCC(C)(C)C.[H-].[Li+]. The summed E-state index contributed by atoms with van der Waals surface area (Å²) in [5.41, 5.74) is 0.542. The van der Waals surface area contributed by atoms with Gasteiger partial charge >= 0.3 is 18.9 Å². The smallest absolute Gasteiger partial charge is 1.00 e. The summed E-state index contributed by atoms with van der Waals surface area (Å²) in [6, 6.07) is 0. The molecule has 0 unspecified atom stereocenters. The van der Waals surface area contributed by atoms with E-state index in [-0.39, 0.29) is 20.3 Å². The van der Waals surface area contributed by atoms with Crippen LogP contribution >= 0.6 is 0 Å². The molecule has 1 heteroatoms. The van der Waals surface area contributed by atoms with Crippen molar-refractivity contribution in [2.45, 2.75) is 34.1 Å². The first-order chi connectivity index (χ1) is 2.56. The molecule has 0 aromatic carbocycles. The molecule has 0 saturated heterocycles. The molecule has 7 heavy (non-hydrogen) atoms. The molecule has 0 atom stereocenters. The maximum Gasteiger partial charge on any atom is 1.00 e. The number of hydrogen-bond donors (Lipinski definition) is 0. The fourth-order valence-electron chi connectivity index (χ4n) is 0. The molecule has 0 heterocycles. The summed E-state index contributed by atoms with van der Waals surface area (Å²) in [7, 11) is 0. The Hall–Kier alpha value is 0.597. The van der Waals surface area contributed by atoms with E-state index in [4.69, 9.17) is 0 Å². The van der Waals surface area contributed by atoms with Gasteiger partial charge in [-0.05, 0) is 5.41 Å². The second kappa shape index (κ2) is 3.58. The van der Waals surface area contributed by atoms with E-state index in [0.29, 0.717) is 5.41 Å². The van der Waals surface area contributed by atoms with Crippen molar-refractivity contribution in [3.05, 3.63) is 0 Å². The Balaban J connectivity index is -0.000000125. The van der Waals surface area contributed by atoms with Crippen LogP contribution in [-0.4, -0.2) is 0 Å². The van der Waals surface area contributed by atoms with Gasteiger partial charge in [-0.3, -0.25) is 0 Å². The second-order valence-electron chi connectivity index (χ2n) is 2.91. The normalized spacial score (nSPS) is 10.3. The summed E-state index contributed by atoms with van der Waals surface area (Å²) >= 11 is 0. The minimum absolute atomic E-state index is 0. The summed E-state index contributed by atoms with van der Waals surface area (Å²) in [5, 5.41) is 0. The zero-order valence-electron chi connectivity index (χ0n) is 7.21. The fraction of sp³-hybridized carbons (Fsp3) is 1.00. The molecule has 0 aromatic heterocycles. The van der Waals surface area contributed by atoms with Crippen LogP contribution in [0.4, 0.5) is 0 Å². The molecular formula is C6H15Li. The zero-order chi connectivity index (χ0) is 5.21. The molecule has 0 radical (unpaired) electrons. The molecule has 0 saturated carbocycles. The second-order valence-corrected chi connectivity index (χ2v) is 2.91. The first-order valence-electron chi connectivity index (χ1n) is 2.56. The van der Waals surface area contributed by atoms with Crippen LogP contribution in [0.25, 0.3) is 0 Å². The number of hydrogen-bond acceptors (Lipinski definition) is 0. The third-order valence-electron chi connectivity index (χ3n) is 1.06.